The van der Waals surface area contributed by atoms with E-state index in [4.69, 9.17) is 5.11 Å². The average molecular weight is 176 g/mol. The summed E-state index contributed by atoms with van der Waals surface area (Å²) in [4.78, 5) is 4.32. The highest BCUT2D eigenvalue weighted by atomic mass is 19.1. The minimum atomic E-state index is -0.250. The monoisotopic (exact) mass is 176 g/mol. The van der Waals surface area contributed by atoms with Gasteiger partial charge in [-0.25, -0.2) is 4.39 Å². The Hall–Kier alpha value is -0.190. The molecule has 1 fully saturated rings. The fraction of sp³-hybridized carbons (Fsp3) is 1.00. The largest absolute Gasteiger partial charge is 0.395 e. The Balaban J connectivity index is 2.11. The van der Waals surface area contributed by atoms with Crippen molar-refractivity contribution in [3.63, 3.8) is 0 Å². The first-order chi connectivity index (χ1) is 5.86. The average Bonchev–Trinajstić information content (AvgIpc) is 2.09. The highest BCUT2D eigenvalue weighted by Gasteiger charge is 2.15. The third-order valence-electron chi connectivity index (χ3n) is 2.28. The Labute approximate surface area is 72.8 Å². The summed E-state index contributed by atoms with van der Waals surface area (Å²) in [6, 6.07) is 0. The number of β-amino-alcohol motifs (C(OH)–C–C–N with tert-alkyl or cyclic N) is 1. The second-order valence-electron chi connectivity index (χ2n) is 3.10. The zero-order chi connectivity index (χ0) is 8.81. The van der Waals surface area contributed by atoms with E-state index in [9.17, 15) is 4.39 Å². The molecule has 1 heterocycles. The molecule has 0 unspecified atom stereocenters. The lowest BCUT2D eigenvalue weighted by atomic mass is 10.3. The van der Waals surface area contributed by atoms with Gasteiger partial charge in [-0.3, -0.25) is 9.80 Å². The van der Waals surface area contributed by atoms with Gasteiger partial charge in [-0.1, -0.05) is 0 Å². The molecule has 0 spiro atoms. The van der Waals surface area contributed by atoms with Crippen molar-refractivity contribution in [1.82, 2.24) is 9.80 Å². The fourth-order valence-electron chi connectivity index (χ4n) is 1.50. The van der Waals surface area contributed by atoms with Gasteiger partial charge < -0.3 is 5.11 Å². The molecule has 0 bridgehead atoms. The number of alkyl halides is 1. The number of rotatable bonds is 4. The molecule has 0 aromatic rings. The summed E-state index contributed by atoms with van der Waals surface area (Å²) in [5, 5.41) is 8.67. The molecule has 1 rings (SSSR count). The molecule has 12 heavy (non-hydrogen) atoms. The number of aliphatic hydroxyl groups excluding tert-OH is 1. The van der Waals surface area contributed by atoms with Crippen LogP contribution in [0.15, 0.2) is 0 Å². The van der Waals surface area contributed by atoms with Gasteiger partial charge in [-0.15, -0.1) is 0 Å². The minimum Gasteiger partial charge on any atom is -0.395 e. The molecule has 0 aliphatic carbocycles. The lowest BCUT2D eigenvalue weighted by Gasteiger charge is -2.33. The Morgan fingerprint density at radius 1 is 1.00 bits per heavy atom. The molecule has 0 amide bonds. The van der Waals surface area contributed by atoms with Crippen LogP contribution in [0.25, 0.3) is 0 Å². The van der Waals surface area contributed by atoms with Crippen LogP contribution in [0.2, 0.25) is 0 Å². The number of halogens is 1. The molecule has 1 aliphatic heterocycles. The standard InChI is InChI=1S/C8H17FN2O/c9-1-2-10-3-5-11(6-4-10)7-8-12/h12H,1-8H2. The first kappa shape index (κ1) is 9.89. The first-order valence-electron chi connectivity index (χ1n) is 4.48. The van der Waals surface area contributed by atoms with Crippen LogP contribution < -0.4 is 0 Å². The Morgan fingerprint density at radius 2 is 1.50 bits per heavy atom. The van der Waals surface area contributed by atoms with E-state index < -0.39 is 0 Å². The smallest absolute Gasteiger partial charge is 0.102 e. The van der Waals surface area contributed by atoms with E-state index >= 15 is 0 Å². The van der Waals surface area contributed by atoms with Crippen LogP contribution in [-0.4, -0.2) is 67.5 Å². The molecule has 1 N–H and O–H groups in total. The summed E-state index contributed by atoms with van der Waals surface area (Å²) >= 11 is 0. The van der Waals surface area contributed by atoms with Crippen LogP contribution in [0.4, 0.5) is 4.39 Å². The molecule has 72 valence electrons. The van der Waals surface area contributed by atoms with Gasteiger partial charge in [-0.05, 0) is 0 Å². The maximum absolute atomic E-state index is 11.9. The van der Waals surface area contributed by atoms with Crippen molar-refractivity contribution in [2.45, 2.75) is 0 Å². The van der Waals surface area contributed by atoms with Crippen molar-refractivity contribution in [3.8, 4) is 0 Å². The van der Waals surface area contributed by atoms with Crippen molar-refractivity contribution in [3.05, 3.63) is 0 Å². The maximum Gasteiger partial charge on any atom is 0.102 e. The molecular formula is C8H17FN2O. The molecule has 0 radical (unpaired) electrons. The lowest BCUT2D eigenvalue weighted by Crippen LogP contribution is -2.47. The molecule has 4 heteroatoms. The lowest BCUT2D eigenvalue weighted by molar-refractivity contribution is 0.108. The second kappa shape index (κ2) is 5.45. The zero-order valence-electron chi connectivity index (χ0n) is 7.38. The van der Waals surface area contributed by atoms with Crippen LogP contribution in [0.3, 0.4) is 0 Å². The van der Waals surface area contributed by atoms with Gasteiger partial charge in [0, 0.05) is 39.3 Å². The zero-order valence-corrected chi connectivity index (χ0v) is 7.38. The number of piperazine rings is 1. The van der Waals surface area contributed by atoms with Gasteiger partial charge in [0.2, 0.25) is 0 Å². The summed E-state index contributed by atoms with van der Waals surface area (Å²) in [5.41, 5.74) is 0. The highest BCUT2D eigenvalue weighted by Crippen LogP contribution is 2.00. The third kappa shape index (κ3) is 3.05. The quantitative estimate of drug-likeness (QED) is 0.629. The summed E-state index contributed by atoms with van der Waals surface area (Å²) in [5.74, 6) is 0. The van der Waals surface area contributed by atoms with E-state index in [0.29, 0.717) is 6.54 Å². The number of hydrogen-bond acceptors (Lipinski definition) is 3. The third-order valence-corrected chi connectivity index (χ3v) is 2.28. The van der Waals surface area contributed by atoms with E-state index in [1.54, 1.807) is 0 Å². The number of nitrogens with zero attached hydrogens (tertiary/aromatic N) is 2. The molecule has 0 atom stereocenters. The van der Waals surface area contributed by atoms with Crippen molar-refractivity contribution in [1.29, 1.82) is 0 Å². The molecule has 0 aromatic heterocycles. The number of aliphatic hydroxyl groups is 1. The Morgan fingerprint density at radius 3 is 1.92 bits per heavy atom. The predicted octanol–water partition coefficient (Wildman–Crippen LogP) is -0.434. The van der Waals surface area contributed by atoms with E-state index in [1.807, 2.05) is 0 Å². The minimum absolute atomic E-state index is 0.225. The summed E-state index contributed by atoms with van der Waals surface area (Å²) in [7, 11) is 0. The topological polar surface area (TPSA) is 26.7 Å². The van der Waals surface area contributed by atoms with Crippen LogP contribution in [0, 0.1) is 0 Å². The second-order valence-corrected chi connectivity index (χ2v) is 3.10. The van der Waals surface area contributed by atoms with E-state index in [2.05, 4.69) is 9.80 Å². The fourth-order valence-corrected chi connectivity index (χ4v) is 1.50. The van der Waals surface area contributed by atoms with E-state index in [0.717, 1.165) is 32.7 Å². The van der Waals surface area contributed by atoms with Crippen LogP contribution in [0.5, 0.6) is 0 Å². The molecule has 1 aliphatic rings. The molecule has 3 nitrogen and oxygen atoms in total. The maximum atomic E-state index is 11.9. The molecule has 0 saturated carbocycles. The van der Waals surface area contributed by atoms with Crippen LogP contribution in [0.1, 0.15) is 0 Å². The summed E-state index contributed by atoms with van der Waals surface area (Å²) < 4.78 is 11.9. The SMILES string of the molecule is OCCN1CCN(CCF)CC1. The highest BCUT2D eigenvalue weighted by molar-refractivity contribution is 4.70. The van der Waals surface area contributed by atoms with Crippen LogP contribution in [-0.2, 0) is 0 Å². The van der Waals surface area contributed by atoms with Gasteiger partial charge in [0.1, 0.15) is 6.67 Å². The molecule has 0 aromatic carbocycles. The Bertz CT molecular complexity index is 102. The van der Waals surface area contributed by atoms with E-state index in [-0.39, 0.29) is 13.3 Å². The van der Waals surface area contributed by atoms with Gasteiger partial charge in [0.05, 0.1) is 6.61 Å². The first-order valence-corrected chi connectivity index (χ1v) is 4.48. The van der Waals surface area contributed by atoms with Gasteiger partial charge in [-0.2, -0.15) is 0 Å². The summed E-state index contributed by atoms with van der Waals surface area (Å²) in [6.45, 7) is 5.08. The molecular weight excluding hydrogens is 159 g/mol. The van der Waals surface area contributed by atoms with Crippen molar-refractivity contribution in [2.75, 3.05) is 52.6 Å². The van der Waals surface area contributed by atoms with E-state index in [1.165, 1.54) is 0 Å². The van der Waals surface area contributed by atoms with Crippen molar-refractivity contribution in [2.24, 2.45) is 0 Å². The number of hydrogen-bond donors (Lipinski definition) is 1. The normalized spacial score (nSPS) is 21.5. The van der Waals surface area contributed by atoms with Gasteiger partial charge in [0.15, 0.2) is 0 Å². The van der Waals surface area contributed by atoms with Crippen LogP contribution >= 0.6 is 0 Å². The van der Waals surface area contributed by atoms with Crippen molar-refractivity contribution >= 4 is 0 Å². The summed E-state index contributed by atoms with van der Waals surface area (Å²) in [6.07, 6.45) is 0. The molecule has 1 saturated heterocycles. The van der Waals surface area contributed by atoms with Gasteiger partial charge in [0.25, 0.3) is 0 Å². The predicted molar refractivity (Wildman–Crippen MR) is 45.9 cm³/mol. The van der Waals surface area contributed by atoms with Crippen molar-refractivity contribution < 1.29 is 9.50 Å². The van der Waals surface area contributed by atoms with Gasteiger partial charge >= 0.3 is 0 Å². The Kier molecular flexibility index (Phi) is 4.50.